The number of nitrogens with one attached hydrogen (secondary N) is 1. The van der Waals surface area contributed by atoms with Gasteiger partial charge in [-0.15, -0.1) is 0 Å². The second-order valence-corrected chi connectivity index (χ2v) is 6.86. The monoisotopic (exact) mass is 403 g/mol. The Morgan fingerprint density at radius 2 is 2.20 bits per heavy atom. The highest BCUT2D eigenvalue weighted by molar-refractivity contribution is 9.10. The van der Waals surface area contributed by atoms with Gasteiger partial charge in [0.15, 0.2) is 17.0 Å². The lowest BCUT2D eigenvalue weighted by molar-refractivity contribution is -0.0298. The minimum Gasteiger partial charge on any atom is -0.507 e. The number of aromatic hydroxyl groups is 1. The SMILES string of the molecule is Oc1ccc(CNc2ncnc3c2ncn3C2CCCCO2)cc1Br. The fourth-order valence-electron chi connectivity index (χ4n) is 2.98. The summed E-state index contributed by atoms with van der Waals surface area (Å²) in [6, 6.07) is 5.39. The Morgan fingerprint density at radius 1 is 1.28 bits per heavy atom. The summed E-state index contributed by atoms with van der Waals surface area (Å²) in [7, 11) is 0. The third kappa shape index (κ3) is 3.32. The van der Waals surface area contributed by atoms with E-state index >= 15 is 0 Å². The van der Waals surface area contributed by atoms with Crippen LogP contribution in [0.1, 0.15) is 31.1 Å². The highest BCUT2D eigenvalue weighted by Crippen LogP contribution is 2.28. The Morgan fingerprint density at radius 3 is 3.00 bits per heavy atom. The first-order chi connectivity index (χ1) is 12.2. The fourth-order valence-corrected chi connectivity index (χ4v) is 3.41. The number of phenols is 1. The van der Waals surface area contributed by atoms with Gasteiger partial charge in [-0.3, -0.25) is 4.57 Å². The summed E-state index contributed by atoms with van der Waals surface area (Å²) in [4.78, 5) is 13.2. The van der Waals surface area contributed by atoms with Gasteiger partial charge in [0.1, 0.15) is 18.3 Å². The molecule has 0 bridgehead atoms. The highest BCUT2D eigenvalue weighted by Gasteiger charge is 2.20. The third-order valence-corrected chi connectivity index (χ3v) is 4.93. The molecule has 0 aliphatic carbocycles. The molecule has 1 atom stereocenters. The predicted molar refractivity (Wildman–Crippen MR) is 97.3 cm³/mol. The lowest BCUT2D eigenvalue weighted by Crippen LogP contribution is -2.17. The minimum atomic E-state index is -0.00504. The maximum Gasteiger partial charge on any atom is 0.167 e. The van der Waals surface area contributed by atoms with E-state index in [4.69, 9.17) is 4.74 Å². The summed E-state index contributed by atoms with van der Waals surface area (Å²) in [5.74, 6) is 0.906. The molecule has 3 aromatic rings. The van der Waals surface area contributed by atoms with Crippen molar-refractivity contribution >= 4 is 32.9 Å². The zero-order valence-corrected chi connectivity index (χ0v) is 15.1. The van der Waals surface area contributed by atoms with Crippen LogP contribution in [0.4, 0.5) is 5.82 Å². The summed E-state index contributed by atoms with van der Waals surface area (Å²) in [5, 5.41) is 12.9. The molecule has 1 unspecified atom stereocenters. The number of imidazole rings is 1. The van der Waals surface area contributed by atoms with E-state index < -0.39 is 0 Å². The van der Waals surface area contributed by atoms with Gasteiger partial charge in [0.2, 0.25) is 0 Å². The molecule has 1 aromatic carbocycles. The van der Waals surface area contributed by atoms with Gasteiger partial charge in [-0.05, 0) is 52.9 Å². The van der Waals surface area contributed by atoms with E-state index in [2.05, 4.69) is 36.2 Å². The molecule has 0 saturated carbocycles. The lowest BCUT2D eigenvalue weighted by Gasteiger charge is -2.23. The van der Waals surface area contributed by atoms with Gasteiger partial charge in [0.05, 0.1) is 10.8 Å². The van der Waals surface area contributed by atoms with Crippen LogP contribution in [-0.2, 0) is 11.3 Å². The number of rotatable bonds is 4. The zero-order chi connectivity index (χ0) is 17.2. The quantitative estimate of drug-likeness (QED) is 0.691. The minimum absolute atomic E-state index is 0.00504. The topological polar surface area (TPSA) is 85.1 Å². The first kappa shape index (κ1) is 16.3. The molecule has 1 fully saturated rings. The second-order valence-electron chi connectivity index (χ2n) is 6.01. The second kappa shape index (κ2) is 6.97. The molecular weight excluding hydrogens is 386 g/mol. The molecule has 8 heteroatoms. The molecule has 1 saturated heterocycles. The number of fused-ring (bicyclic) bond motifs is 1. The van der Waals surface area contributed by atoms with Crippen LogP contribution in [0.5, 0.6) is 5.75 Å². The molecule has 0 spiro atoms. The van der Waals surface area contributed by atoms with Crippen LogP contribution >= 0.6 is 15.9 Å². The molecule has 25 heavy (non-hydrogen) atoms. The van der Waals surface area contributed by atoms with Crippen molar-refractivity contribution in [3.63, 3.8) is 0 Å². The van der Waals surface area contributed by atoms with E-state index in [-0.39, 0.29) is 12.0 Å². The highest BCUT2D eigenvalue weighted by atomic mass is 79.9. The molecule has 1 aliphatic heterocycles. The number of nitrogens with zero attached hydrogens (tertiary/aromatic N) is 4. The molecule has 4 rings (SSSR count). The molecule has 2 aromatic heterocycles. The van der Waals surface area contributed by atoms with Crippen LogP contribution in [0.2, 0.25) is 0 Å². The van der Waals surface area contributed by atoms with Gasteiger partial charge in [-0.25, -0.2) is 15.0 Å². The number of benzene rings is 1. The van der Waals surface area contributed by atoms with E-state index in [0.717, 1.165) is 42.6 Å². The van der Waals surface area contributed by atoms with E-state index in [1.54, 1.807) is 18.7 Å². The number of hydrogen-bond donors (Lipinski definition) is 2. The average molecular weight is 404 g/mol. The van der Waals surface area contributed by atoms with Gasteiger partial charge in [0, 0.05) is 13.2 Å². The molecule has 0 amide bonds. The number of phenolic OH excluding ortho intramolecular Hbond substituents is 1. The van der Waals surface area contributed by atoms with Crippen LogP contribution < -0.4 is 5.32 Å². The first-order valence-corrected chi connectivity index (χ1v) is 9.02. The van der Waals surface area contributed by atoms with Gasteiger partial charge >= 0.3 is 0 Å². The Hall–Kier alpha value is -2.19. The van der Waals surface area contributed by atoms with E-state index in [9.17, 15) is 5.11 Å². The lowest BCUT2D eigenvalue weighted by atomic mass is 10.2. The molecular formula is C17H18BrN5O2. The number of ether oxygens (including phenoxy) is 1. The van der Waals surface area contributed by atoms with Crippen molar-refractivity contribution in [3.8, 4) is 5.75 Å². The van der Waals surface area contributed by atoms with Crippen molar-refractivity contribution in [3.05, 3.63) is 40.9 Å². The zero-order valence-electron chi connectivity index (χ0n) is 13.5. The summed E-state index contributed by atoms with van der Waals surface area (Å²) in [6.07, 6.45) is 6.54. The number of hydrogen-bond acceptors (Lipinski definition) is 6. The number of halogens is 1. The predicted octanol–water partition coefficient (Wildman–Crippen LogP) is 3.61. The van der Waals surface area contributed by atoms with E-state index in [1.807, 2.05) is 16.7 Å². The molecule has 1 aliphatic rings. The number of anilines is 1. The third-order valence-electron chi connectivity index (χ3n) is 4.30. The molecule has 7 nitrogen and oxygen atoms in total. The Kier molecular flexibility index (Phi) is 4.54. The molecule has 130 valence electrons. The Bertz CT molecular complexity index is 892. The summed E-state index contributed by atoms with van der Waals surface area (Å²) in [6.45, 7) is 1.34. The smallest absolute Gasteiger partial charge is 0.167 e. The summed E-state index contributed by atoms with van der Waals surface area (Å²) >= 11 is 3.33. The molecule has 2 N–H and O–H groups in total. The summed E-state index contributed by atoms with van der Waals surface area (Å²) < 4.78 is 8.49. The van der Waals surface area contributed by atoms with Crippen molar-refractivity contribution in [2.45, 2.75) is 32.0 Å². The maximum atomic E-state index is 9.58. The average Bonchev–Trinajstić information content (AvgIpc) is 3.08. The Labute approximate surface area is 153 Å². The van der Waals surface area contributed by atoms with Gasteiger partial charge < -0.3 is 15.2 Å². The Balaban J connectivity index is 1.57. The van der Waals surface area contributed by atoms with Crippen LogP contribution in [0.15, 0.2) is 35.3 Å². The first-order valence-electron chi connectivity index (χ1n) is 8.23. The fraction of sp³-hybridized carbons (Fsp3) is 0.353. The largest absolute Gasteiger partial charge is 0.507 e. The standard InChI is InChI=1S/C17H18BrN5O2/c18-12-7-11(4-5-13(12)24)8-19-16-15-17(21-9-20-16)23(10-22-15)14-3-1-2-6-25-14/h4-5,7,9-10,14,24H,1-3,6,8H2,(H,19,20,21). The van der Waals surface area contributed by atoms with Crippen LogP contribution in [0.3, 0.4) is 0 Å². The molecule has 0 radical (unpaired) electrons. The summed E-state index contributed by atoms with van der Waals surface area (Å²) in [5.41, 5.74) is 2.53. The van der Waals surface area contributed by atoms with Gasteiger partial charge in [0.25, 0.3) is 0 Å². The van der Waals surface area contributed by atoms with Crippen molar-refractivity contribution in [2.24, 2.45) is 0 Å². The van der Waals surface area contributed by atoms with E-state index in [0.29, 0.717) is 16.8 Å². The number of aromatic nitrogens is 4. The van der Waals surface area contributed by atoms with E-state index in [1.165, 1.54) is 0 Å². The normalized spacial score (nSPS) is 17.7. The van der Waals surface area contributed by atoms with Crippen molar-refractivity contribution in [1.29, 1.82) is 0 Å². The van der Waals surface area contributed by atoms with Crippen molar-refractivity contribution in [1.82, 2.24) is 19.5 Å². The van der Waals surface area contributed by atoms with Crippen LogP contribution in [0.25, 0.3) is 11.2 Å². The van der Waals surface area contributed by atoms with Gasteiger partial charge in [-0.1, -0.05) is 6.07 Å². The van der Waals surface area contributed by atoms with Crippen molar-refractivity contribution in [2.75, 3.05) is 11.9 Å². The van der Waals surface area contributed by atoms with Crippen LogP contribution in [-0.4, -0.2) is 31.2 Å². The maximum absolute atomic E-state index is 9.58. The van der Waals surface area contributed by atoms with Gasteiger partial charge in [-0.2, -0.15) is 0 Å². The molecule has 3 heterocycles. The van der Waals surface area contributed by atoms with Crippen LogP contribution in [0, 0.1) is 0 Å². The van der Waals surface area contributed by atoms with Crippen molar-refractivity contribution < 1.29 is 9.84 Å².